The van der Waals surface area contributed by atoms with Gasteiger partial charge in [-0.15, -0.1) is 0 Å². The smallest absolute Gasteiger partial charge is 0.225 e. The first-order valence-electron chi connectivity index (χ1n) is 11.7. The summed E-state index contributed by atoms with van der Waals surface area (Å²) in [5.41, 5.74) is 5.57. The lowest BCUT2D eigenvalue weighted by molar-refractivity contribution is -0.134. The second-order valence-electron chi connectivity index (χ2n) is 9.08. The highest BCUT2D eigenvalue weighted by Gasteiger charge is 2.25. The molecule has 0 aliphatic carbocycles. The number of amides is 1. The van der Waals surface area contributed by atoms with E-state index in [1.807, 2.05) is 11.1 Å². The Hall–Kier alpha value is -3.19. The molecule has 1 aliphatic rings. The summed E-state index contributed by atoms with van der Waals surface area (Å²) in [6.07, 6.45) is 7.52. The summed E-state index contributed by atoms with van der Waals surface area (Å²) in [6.45, 7) is 5.21. The summed E-state index contributed by atoms with van der Waals surface area (Å²) in [5, 5.41) is 10.7. The number of hydrogen-bond acceptors (Lipinski definition) is 3. The fourth-order valence-corrected chi connectivity index (χ4v) is 5.10. The fourth-order valence-electron chi connectivity index (χ4n) is 5.10. The van der Waals surface area contributed by atoms with Crippen molar-refractivity contribution in [2.24, 2.45) is 0 Å². The van der Waals surface area contributed by atoms with E-state index in [0.29, 0.717) is 11.6 Å². The summed E-state index contributed by atoms with van der Waals surface area (Å²) < 4.78 is 16.3. The number of imidazole rings is 1. The molecule has 6 nitrogen and oxygen atoms in total. The number of piperidine rings is 1. The van der Waals surface area contributed by atoms with Gasteiger partial charge in [-0.25, -0.2) is 9.37 Å². The molecule has 5 rings (SSSR count). The molecule has 2 N–H and O–H groups in total. The highest BCUT2D eigenvalue weighted by Crippen LogP contribution is 2.35. The van der Waals surface area contributed by atoms with Crippen molar-refractivity contribution in [2.45, 2.75) is 51.6 Å². The average Bonchev–Trinajstić information content (AvgIpc) is 3.42. The van der Waals surface area contributed by atoms with Crippen LogP contribution in [0.15, 0.2) is 42.9 Å². The highest BCUT2D eigenvalue weighted by atomic mass is 19.1. The first kappa shape index (κ1) is 21.6. The van der Waals surface area contributed by atoms with E-state index in [1.165, 1.54) is 16.5 Å². The van der Waals surface area contributed by atoms with E-state index in [9.17, 15) is 14.3 Å². The van der Waals surface area contributed by atoms with E-state index >= 15 is 0 Å². The second-order valence-corrected chi connectivity index (χ2v) is 9.08. The summed E-state index contributed by atoms with van der Waals surface area (Å²) in [6, 6.07) is 8.09. The molecule has 1 saturated heterocycles. The third kappa shape index (κ3) is 4.02. The number of nitrogens with zero attached hydrogens (tertiary/aromatic N) is 3. The Morgan fingerprint density at radius 1 is 1.30 bits per heavy atom. The van der Waals surface area contributed by atoms with Gasteiger partial charge in [-0.05, 0) is 61.4 Å². The molecule has 0 radical (unpaired) electrons. The van der Waals surface area contributed by atoms with Crippen LogP contribution >= 0.6 is 0 Å². The van der Waals surface area contributed by atoms with Crippen LogP contribution in [0.5, 0.6) is 0 Å². The first-order chi connectivity index (χ1) is 15.9. The molecular weight excluding hydrogens is 419 g/mol. The van der Waals surface area contributed by atoms with Crippen LogP contribution in [0.3, 0.4) is 0 Å². The van der Waals surface area contributed by atoms with Crippen molar-refractivity contribution >= 4 is 22.5 Å². The van der Waals surface area contributed by atoms with Crippen molar-refractivity contribution in [2.75, 3.05) is 13.1 Å². The van der Waals surface area contributed by atoms with E-state index in [4.69, 9.17) is 0 Å². The Labute approximate surface area is 192 Å². The standard InChI is InChI=1S/C26H29FN4O2/c1-3-20-21-13-18(17-6-9-30(10-7-17)24(33)12-16(2)32)4-5-23(21)29-25(20)19-14-22(27)26-28-8-11-31(26)15-19/h4-5,8,11,13-17,29,32H,3,6-7,9-10,12H2,1-2H3/t16-/m1/s1. The number of fused-ring (bicyclic) bond motifs is 2. The molecule has 1 atom stereocenters. The number of H-pyrrole nitrogens is 1. The summed E-state index contributed by atoms with van der Waals surface area (Å²) in [5.74, 6) is 0.0909. The molecule has 1 fully saturated rings. The molecule has 4 aromatic rings. The van der Waals surface area contributed by atoms with E-state index < -0.39 is 6.10 Å². The van der Waals surface area contributed by atoms with Gasteiger partial charge < -0.3 is 19.4 Å². The lowest BCUT2D eigenvalue weighted by atomic mass is 9.88. The number of aromatic amines is 1. The Morgan fingerprint density at radius 2 is 2.09 bits per heavy atom. The molecule has 0 saturated carbocycles. The van der Waals surface area contributed by atoms with Crippen LogP contribution in [-0.2, 0) is 11.2 Å². The molecule has 0 spiro atoms. The summed E-state index contributed by atoms with van der Waals surface area (Å²) in [7, 11) is 0. The Morgan fingerprint density at radius 3 is 2.82 bits per heavy atom. The summed E-state index contributed by atoms with van der Waals surface area (Å²) in [4.78, 5) is 21.7. The van der Waals surface area contributed by atoms with Crippen LogP contribution in [0.1, 0.15) is 50.2 Å². The van der Waals surface area contributed by atoms with Crippen molar-refractivity contribution in [3.63, 3.8) is 0 Å². The number of carbonyl (C=O) groups is 1. The van der Waals surface area contributed by atoms with Crippen molar-refractivity contribution in [3.8, 4) is 11.3 Å². The maximum Gasteiger partial charge on any atom is 0.225 e. The molecule has 0 bridgehead atoms. The molecule has 3 aromatic heterocycles. The molecule has 1 aromatic carbocycles. The molecule has 33 heavy (non-hydrogen) atoms. The second kappa shape index (κ2) is 8.63. The van der Waals surface area contributed by atoms with E-state index in [-0.39, 0.29) is 18.1 Å². The third-order valence-corrected chi connectivity index (χ3v) is 6.80. The number of aliphatic hydroxyl groups excluding tert-OH is 1. The minimum Gasteiger partial charge on any atom is -0.393 e. The van der Waals surface area contributed by atoms with Crippen molar-refractivity contribution in [3.05, 3.63) is 59.8 Å². The number of pyridine rings is 1. The zero-order valence-corrected chi connectivity index (χ0v) is 19.0. The number of likely N-dealkylation sites (tertiary alicyclic amines) is 1. The number of aryl methyl sites for hydroxylation is 1. The molecular formula is C26H29FN4O2. The molecule has 172 valence electrons. The lowest BCUT2D eigenvalue weighted by Crippen LogP contribution is -2.39. The van der Waals surface area contributed by atoms with Gasteiger partial charge in [0.15, 0.2) is 11.5 Å². The number of rotatable bonds is 5. The minimum atomic E-state index is -0.601. The SMILES string of the molecule is CCc1c(-c2cc(F)c3nccn3c2)[nH]c2ccc(C3CCN(C(=O)C[C@@H](C)O)CC3)cc12. The largest absolute Gasteiger partial charge is 0.393 e. The van der Waals surface area contributed by atoms with Gasteiger partial charge in [0.2, 0.25) is 5.91 Å². The maximum absolute atomic E-state index is 14.6. The topological polar surface area (TPSA) is 73.6 Å². The average molecular weight is 449 g/mol. The van der Waals surface area contributed by atoms with Gasteiger partial charge in [0.25, 0.3) is 0 Å². The van der Waals surface area contributed by atoms with Gasteiger partial charge in [-0.3, -0.25) is 4.79 Å². The van der Waals surface area contributed by atoms with Crippen LogP contribution in [-0.4, -0.2) is 49.5 Å². The zero-order valence-electron chi connectivity index (χ0n) is 19.0. The van der Waals surface area contributed by atoms with Crippen LogP contribution < -0.4 is 0 Å². The molecule has 4 heterocycles. The van der Waals surface area contributed by atoms with Gasteiger partial charge in [0, 0.05) is 48.1 Å². The van der Waals surface area contributed by atoms with E-state index in [2.05, 4.69) is 35.1 Å². The van der Waals surface area contributed by atoms with Crippen LogP contribution in [0.25, 0.3) is 27.8 Å². The van der Waals surface area contributed by atoms with Gasteiger partial charge in [0.05, 0.1) is 18.2 Å². The van der Waals surface area contributed by atoms with Gasteiger partial charge >= 0.3 is 0 Å². The number of aliphatic hydroxyl groups is 1. The predicted molar refractivity (Wildman–Crippen MR) is 127 cm³/mol. The lowest BCUT2D eigenvalue weighted by Gasteiger charge is -2.32. The van der Waals surface area contributed by atoms with E-state index in [1.54, 1.807) is 29.8 Å². The van der Waals surface area contributed by atoms with Crippen LogP contribution in [0.4, 0.5) is 4.39 Å². The number of benzene rings is 1. The van der Waals surface area contributed by atoms with Crippen molar-refractivity contribution < 1.29 is 14.3 Å². The first-order valence-corrected chi connectivity index (χ1v) is 11.7. The number of carbonyl (C=O) groups excluding carboxylic acids is 1. The molecule has 1 amide bonds. The Kier molecular flexibility index (Phi) is 5.66. The molecule has 0 unspecified atom stereocenters. The number of aromatic nitrogens is 3. The van der Waals surface area contributed by atoms with Crippen LogP contribution in [0.2, 0.25) is 0 Å². The monoisotopic (exact) mass is 448 g/mol. The predicted octanol–water partition coefficient (Wildman–Crippen LogP) is 4.66. The maximum atomic E-state index is 14.6. The molecule has 1 aliphatic heterocycles. The quantitative estimate of drug-likeness (QED) is 0.466. The normalized spacial score (nSPS) is 16.1. The number of halogens is 1. The van der Waals surface area contributed by atoms with Crippen molar-refractivity contribution in [1.29, 1.82) is 0 Å². The third-order valence-electron chi connectivity index (χ3n) is 6.80. The number of nitrogens with one attached hydrogen (secondary N) is 1. The van der Waals surface area contributed by atoms with E-state index in [0.717, 1.165) is 49.1 Å². The van der Waals surface area contributed by atoms with Gasteiger partial charge in [-0.1, -0.05) is 13.0 Å². The fraction of sp³-hybridized carbons (Fsp3) is 0.385. The highest BCUT2D eigenvalue weighted by molar-refractivity contribution is 5.91. The minimum absolute atomic E-state index is 0.0320. The Bertz CT molecular complexity index is 1310. The zero-order chi connectivity index (χ0) is 23.1. The van der Waals surface area contributed by atoms with Crippen molar-refractivity contribution in [1.82, 2.24) is 19.3 Å². The van der Waals surface area contributed by atoms with Crippen LogP contribution in [0, 0.1) is 5.82 Å². The summed E-state index contributed by atoms with van der Waals surface area (Å²) >= 11 is 0. The van der Waals surface area contributed by atoms with Gasteiger partial charge in [-0.2, -0.15) is 0 Å². The number of hydrogen-bond donors (Lipinski definition) is 2. The molecule has 7 heteroatoms. The van der Waals surface area contributed by atoms with Gasteiger partial charge in [0.1, 0.15) is 0 Å². The Balaban J connectivity index is 1.43.